The average molecular weight is 509 g/mol. The molecule has 4 N–H and O–H groups in total. The third-order valence-corrected chi connectivity index (χ3v) is 6.17. The molecule has 0 spiro atoms. The van der Waals surface area contributed by atoms with Gasteiger partial charge >= 0.3 is 6.18 Å². The van der Waals surface area contributed by atoms with E-state index >= 15 is 0 Å². The van der Waals surface area contributed by atoms with Crippen molar-refractivity contribution in [1.82, 2.24) is 0 Å². The zero-order valence-corrected chi connectivity index (χ0v) is 19.4. The summed E-state index contributed by atoms with van der Waals surface area (Å²) < 4.78 is 69.0. The van der Waals surface area contributed by atoms with Crippen LogP contribution in [0, 0.1) is 0 Å². The van der Waals surface area contributed by atoms with Gasteiger partial charge in [-0.3, -0.25) is 4.79 Å². The van der Waals surface area contributed by atoms with E-state index in [1.807, 2.05) is 0 Å². The number of amides is 1. The second kappa shape index (κ2) is 10.5. The quantitative estimate of drug-likeness (QED) is 0.421. The van der Waals surface area contributed by atoms with Crippen LogP contribution in [0.4, 0.5) is 18.9 Å². The Labute approximate surface area is 200 Å². The number of primary sulfonamides is 1. The first-order chi connectivity index (χ1) is 16.5. The number of anilines is 1. The van der Waals surface area contributed by atoms with Gasteiger partial charge in [0.1, 0.15) is 10.6 Å². The molecule has 0 saturated heterocycles. The van der Waals surface area contributed by atoms with Gasteiger partial charge in [-0.2, -0.15) is 13.2 Å². The second-order valence-electron chi connectivity index (χ2n) is 7.61. The molecule has 0 fully saturated rings. The monoisotopic (exact) mass is 508 g/mol. The molecule has 7 nitrogen and oxygen atoms in total. The molecule has 0 heterocycles. The molecule has 3 rings (SSSR count). The molecule has 0 saturated carbocycles. The van der Waals surface area contributed by atoms with Crippen molar-refractivity contribution in [3.8, 4) is 16.9 Å². The average Bonchev–Trinajstić information content (AvgIpc) is 2.81. The summed E-state index contributed by atoms with van der Waals surface area (Å²) in [7, 11) is -2.83. The van der Waals surface area contributed by atoms with Gasteiger partial charge in [0.05, 0.1) is 12.7 Å². The minimum Gasteiger partial charge on any atom is -0.495 e. The molecule has 0 atom stereocenters. The molecule has 0 aliphatic carbocycles. The number of carbonyl (C=O) groups is 1. The first kappa shape index (κ1) is 26.2. The Morgan fingerprint density at radius 2 is 1.77 bits per heavy atom. The highest BCUT2D eigenvalue weighted by atomic mass is 32.2. The SMILES string of the molecule is COc1cc(C(=O)Nc2ccc(-c3ccccc3C(F)(F)F)c(CCCO)c2)ccc1S(N)(=O)=O. The van der Waals surface area contributed by atoms with E-state index in [-0.39, 0.29) is 34.8 Å². The number of hydrogen-bond donors (Lipinski definition) is 3. The highest BCUT2D eigenvalue weighted by Gasteiger charge is 2.33. The van der Waals surface area contributed by atoms with E-state index in [2.05, 4.69) is 5.32 Å². The number of alkyl halides is 3. The largest absolute Gasteiger partial charge is 0.495 e. The van der Waals surface area contributed by atoms with Crippen molar-refractivity contribution in [1.29, 1.82) is 0 Å². The summed E-state index contributed by atoms with van der Waals surface area (Å²) in [5, 5.41) is 17.0. The minimum atomic E-state index is -4.56. The van der Waals surface area contributed by atoms with E-state index in [9.17, 15) is 31.5 Å². The Bertz CT molecular complexity index is 1340. The number of aryl methyl sites for hydroxylation is 1. The molecular weight excluding hydrogens is 485 g/mol. The zero-order chi connectivity index (χ0) is 25.8. The fourth-order valence-electron chi connectivity index (χ4n) is 3.62. The molecule has 11 heteroatoms. The van der Waals surface area contributed by atoms with Crippen LogP contribution in [-0.4, -0.2) is 33.1 Å². The van der Waals surface area contributed by atoms with Crippen LogP contribution in [0.25, 0.3) is 11.1 Å². The first-order valence-electron chi connectivity index (χ1n) is 10.4. The van der Waals surface area contributed by atoms with Gasteiger partial charge in [0.15, 0.2) is 0 Å². The van der Waals surface area contributed by atoms with Gasteiger partial charge in [-0.05, 0) is 65.9 Å². The molecule has 1 amide bonds. The molecule has 186 valence electrons. The molecule has 3 aromatic carbocycles. The number of ether oxygens (including phenoxy) is 1. The van der Waals surface area contributed by atoms with Crippen molar-refractivity contribution < 1.29 is 36.2 Å². The predicted molar refractivity (Wildman–Crippen MR) is 125 cm³/mol. The summed E-state index contributed by atoms with van der Waals surface area (Å²) in [6.07, 6.45) is -3.97. The van der Waals surface area contributed by atoms with Gasteiger partial charge in [0.25, 0.3) is 5.91 Å². The van der Waals surface area contributed by atoms with Crippen molar-refractivity contribution >= 4 is 21.6 Å². The molecule has 35 heavy (non-hydrogen) atoms. The maximum atomic E-state index is 13.6. The Balaban J connectivity index is 1.97. The molecule has 0 radical (unpaired) electrons. The van der Waals surface area contributed by atoms with Gasteiger partial charge in [-0.25, -0.2) is 13.6 Å². The highest BCUT2D eigenvalue weighted by Crippen LogP contribution is 2.39. The van der Waals surface area contributed by atoms with E-state index in [1.165, 1.54) is 49.6 Å². The lowest BCUT2D eigenvalue weighted by Gasteiger charge is -2.17. The standard InChI is InChI=1S/C24H23F3N2O5S/c1-34-21-14-16(8-11-22(21)35(28,32)33)23(31)29-17-9-10-18(15(13-17)5-4-12-30)19-6-2-3-7-20(19)24(25,26)27/h2-3,6-11,13-14,30H,4-5,12H2,1H3,(H,29,31)(H2,28,32,33). The number of halogens is 3. The Kier molecular flexibility index (Phi) is 7.83. The lowest BCUT2D eigenvalue weighted by molar-refractivity contribution is -0.137. The number of aliphatic hydroxyl groups is 1. The molecule has 3 aromatic rings. The van der Waals surface area contributed by atoms with Crippen LogP contribution < -0.4 is 15.2 Å². The van der Waals surface area contributed by atoms with Crippen LogP contribution in [0.5, 0.6) is 5.75 Å². The van der Waals surface area contributed by atoms with Crippen LogP contribution in [0.2, 0.25) is 0 Å². The van der Waals surface area contributed by atoms with Crippen molar-refractivity contribution in [2.24, 2.45) is 5.14 Å². The van der Waals surface area contributed by atoms with Gasteiger partial charge in [0.2, 0.25) is 10.0 Å². The maximum Gasteiger partial charge on any atom is 0.417 e. The summed E-state index contributed by atoms with van der Waals surface area (Å²) in [4.78, 5) is 12.5. The summed E-state index contributed by atoms with van der Waals surface area (Å²) in [6.45, 7) is -0.160. The third kappa shape index (κ3) is 6.18. The van der Waals surface area contributed by atoms with Crippen molar-refractivity contribution in [2.75, 3.05) is 19.0 Å². The fraction of sp³-hybridized carbons (Fsp3) is 0.208. The Morgan fingerprint density at radius 1 is 1.06 bits per heavy atom. The van der Waals surface area contributed by atoms with Gasteiger partial charge < -0.3 is 15.2 Å². The second-order valence-corrected chi connectivity index (χ2v) is 9.14. The van der Waals surface area contributed by atoms with E-state index in [0.717, 1.165) is 12.1 Å². The van der Waals surface area contributed by atoms with Crippen LogP contribution in [0.1, 0.15) is 27.9 Å². The number of carbonyl (C=O) groups excluding carboxylic acids is 1. The zero-order valence-electron chi connectivity index (χ0n) is 18.6. The maximum absolute atomic E-state index is 13.6. The number of rotatable bonds is 8. The number of hydrogen-bond acceptors (Lipinski definition) is 5. The van der Waals surface area contributed by atoms with Crippen LogP contribution in [-0.2, 0) is 22.6 Å². The highest BCUT2D eigenvalue weighted by molar-refractivity contribution is 7.89. The van der Waals surface area contributed by atoms with Gasteiger partial charge in [-0.1, -0.05) is 24.3 Å². The lowest BCUT2D eigenvalue weighted by atomic mass is 9.92. The van der Waals surface area contributed by atoms with E-state index in [1.54, 1.807) is 6.07 Å². The van der Waals surface area contributed by atoms with E-state index in [4.69, 9.17) is 9.88 Å². The normalized spacial score (nSPS) is 11.8. The molecule has 0 aromatic heterocycles. The summed E-state index contributed by atoms with van der Waals surface area (Å²) in [6, 6.07) is 13.3. The third-order valence-electron chi connectivity index (χ3n) is 5.22. The number of aliphatic hydroxyl groups excluding tert-OH is 1. The van der Waals surface area contributed by atoms with Crippen molar-refractivity contribution in [3.63, 3.8) is 0 Å². The van der Waals surface area contributed by atoms with Crippen molar-refractivity contribution in [2.45, 2.75) is 23.9 Å². The molecule has 0 unspecified atom stereocenters. The molecule has 0 bridgehead atoms. The number of sulfonamides is 1. The number of methoxy groups -OCH3 is 1. The first-order valence-corrected chi connectivity index (χ1v) is 11.9. The van der Waals surface area contributed by atoms with E-state index in [0.29, 0.717) is 23.2 Å². The topological polar surface area (TPSA) is 119 Å². The van der Waals surface area contributed by atoms with Gasteiger partial charge in [0, 0.05) is 17.9 Å². The molecule has 0 aliphatic rings. The summed E-state index contributed by atoms with van der Waals surface area (Å²) in [5.41, 5.74) is 0.445. The summed E-state index contributed by atoms with van der Waals surface area (Å²) >= 11 is 0. The number of benzene rings is 3. The van der Waals surface area contributed by atoms with Crippen molar-refractivity contribution in [3.05, 3.63) is 77.4 Å². The van der Waals surface area contributed by atoms with E-state index < -0.39 is 27.7 Å². The van der Waals surface area contributed by atoms with Crippen LogP contribution >= 0.6 is 0 Å². The summed E-state index contributed by atoms with van der Waals surface area (Å²) in [5.74, 6) is -0.705. The number of nitrogens with one attached hydrogen (secondary N) is 1. The Morgan fingerprint density at radius 3 is 2.40 bits per heavy atom. The fourth-order valence-corrected chi connectivity index (χ4v) is 4.30. The number of nitrogens with two attached hydrogens (primary N) is 1. The smallest absolute Gasteiger partial charge is 0.417 e. The minimum absolute atomic E-state index is 0.00543. The van der Waals surface area contributed by atoms with Crippen LogP contribution in [0.3, 0.4) is 0 Å². The van der Waals surface area contributed by atoms with Gasteiger partial charge in [-0.15, -0.1) is 0 Å². The Hall–Kier alpha value is -3.41. The van der Waals surface area contributed by atoms with Crippen LogP contribution in [0.15, 0.2) is 65.6 Å². The molecule has 0 aliphatic heterocycles. The molecular formula is C24H23F3N2O5S. The predicted octanol–water partition coefficient (Wildman–Crippen LogP) is 4.21. The lowest BCUT2D eigenvalue weighted by Crippen LogP contribution is -2.16.